The molecule has 2 fully saturated rings. The SMILES string of the molecule is Cl.O=C(OC(Cc1c(Cl)c[n+]([O-])cc1Cl)c1ccc(OC(F)F)c(OCC2CC2)c1)c1ccc(OCCN2CCCCC2)cc1. The maximum absolute atomic E-state index is 13.4. The number of likely N-dealkylation sites (tertiary alicyclic amines) is 1. The van der Waals surface area contributed by atoms with Crippen LogP contribution >= 0.6 is 35.6 Å². The first kappa shape index (κ1) is 34.8. The van der Waals surface area contributed by atoms with Crippen LogP contribution in [0.3, 0.4) is 0 Å². The molecule has 0 spiro atoms. The Morgan fingerprint density at radius 2 is 1.67 bits per heavy atom. The molecule has 2 aromatic carbocycles. The zero-order chi connectivity index (χ0) is 31.1. The van der Waals surface area contributed by atoms with Crippen molar-refractivity contribution in [2.75, 3.05) is 32.8 Å². The van der Waals surface area contributed by atoms with E-state index < -0.39 is 18.7 Å². The molecule has 8 nitrogen and oxygen atoms in total. The number of hydrogen-bond donors (Lipinski definition) is 0. The van der Waals surface area contributed by atoms with E-state index in [9.17, 15) is 18.8 Å². The summed E-state index contributed by atoms with van der Waals surface area (Å²) in [4.78, 5) is 15.7. The van der Waals surface area contributed by atoms with Gasteiger partial charge in [0.2, 0.25) is 0 Å². The Labute approximate surface area is 277 Å². The van der Waals surface area contributed by atoms with Gasteiger partial charge in [0, 0.05) is 18.5 Å². The van der Waals surface area contributed by atoms with Gasteiger partial charge in [0.15, 0.2) is 23.9 Å². The molecule has 2 aliphatic rings. The van der Waals surface area contributed by atoms with E-state index >= 15 is 0 Å². The molecule has 0 radical (unpaired) electrons. The number of hydrogen-bond acceptors (Lipinski definition) is 7. The van der Waals surface area contributed by atoms with Gasteiger partial charge in [-0.1, -0.05) is 35.7 Å². The van der Waals surface area contributed by atoms with Crippen molar-refractivity contribution in [1.29, 1.82) is 0 Å². The zero-order valence-electron chi connectivity index (χ0n) is 24.5. The summed E-state index contributed by atoms with van der Waals surface area (Å²) in [7, 11) is 0. The highest BCUT2D eigenvalue weighted by Gasteiger charge is 2.27. The number of piperidine rings is 1. The Morgan fingerprint density at radius 1 is 0.978 bits per heavy atom. The minimum absolute atomic E-state index is 0. The second-order valence-corrected chi connectivity index (χ2v) is 11.8. The quantitative estimate of drug-likeness (QED) is 0.0990. The molecule has 1 aliphatic heterocycles. The van der Waals surface area contributed by atoms with Crippen LogP contribution in [-0.4, -0.2) is 50.3 Å². The number of rotatable bonds is 14. The van der Waals surface area contributed by atoms with Crippen molar-refractivity contribution in [2.24, 2.45) is 5.92 Å². The predicted octanol–water partition coefficient (Wildman–Crippen LogP) is 7.44. The molecule has 244 valence electrons. The van der Waals surface area contributed by atoms with E-state index in [0.29, 0.717) is 40.7 Å². The van der Waals surface area contributed by atoms with Gasteiger partial charge in [-0.3, -0.25) is 4.90 Å². The van der Waals surface area contributed by atoms with Gasteiger partial charge in [-0.2, -0.15) is 13.5 Å². The number of pyridine rings is 1. The van der Waals surface area contributed by atoms with Gasteiger partial charge in [0.25, 0.3) is 0 Å². The second kappa shape index (κ2) is 16.5. The van der Waals surface area contributed by atoms with Crippen molar-refractivity contribution in [3.8, 4) is 17.2 Å². The van der Waals surface area contributed by atoms with Crippen LogP contribution in [0.15, 0.2) is 54.9 Å². The van der Waals surface area contributed by atoms with Crippen molar-refractivity contribution in [3.05, 3.63) is 86.8 Å². The van der Waals surface area contributed by atoms with E-state index in [1.165, 1.54) is 37.5 Å². The normalized spacial score (nSPS) is 15.7. The lowest BCUT2D eigenvalue weighted by Crippen LogP contribution is -2.33. The highest BCUT2D eigenvalue weighted by Crippen LogP contribution is 2.38. The smallest absolute Gasteiger partial charge is 0.387 e. The fraction of sp³-hybridized carbons (Fsp3) is 0.438. The van der Waals surface area contributed by atoms with Crippen molar-refractivity contribution < 1.29 is 37.3 Å². The minimum atomic E-state index is -3.05. The third-order valence-electron chi connectivity index (χ3n) is 7.64. The second-order valence-electron chi connectivity index (χ2n) is 11.0. The molecule has 3 aromatic rings. The summed E-state index contributed by atoms with van der Waals surface area (Å²) < 4.78 is 49.0. The first-order valence-corrected chi connectivity index (χ1v) is 15.4. The van der Waals surface area contributed by atoms with Gasteiger partial charge < -0.3 is 24.2 Å². The minimum Gasteiger partial charge on any atom is -0.619 e. The van der Waals surface area contributed by atoms with E-state index in [1.807, 2.05) is 0 Å². The largest absolute Gasteiger partial charge is 0.619 e. The molecular formula is C32H35Cl3F2N2O6. The Morgan fingerprint density at radius 3 is 2.31 bits per heavy atom. The maximum Gasteiger partial charge on any atom is 0.387 e. The molecule has 1 unspecified atom stereocenters. The summed E-state index contributed by atoms with van der Waals surface area (Å²) in [5, 5.41) is 12.0. The van der Waals surface area contributed by atoms with Crippen LogP contribution in [-0.2, 0) is 11.2 Å². The molecule has 1 saturated heterocycles. The summed E-state index contributed by atoms with van der Waals surface area (Å²) in [5.41, 5.74) is 1.10. The summed E-state index contributed by atoms with van der Waals surface area (Å²) in [6.07, 6.45) is 7.02. The van der Waals surface area contributed by atoms with Crippen LogP contribution < -0.4 is 18.9 Å². The van der Waals surface area contributed by atoms with Gasteiger partial charge in [0.05, 0.1) is 12.2 Å². The number of halogens is 5. The number of nitrogens with zero attached hydrogens (tertiary/aromatic N) is 2. The van der Waals surface area contributed by atoms with Gasteiger partial charge in [-0.15, -0.1) is 12.4 Å². The summed E-state index contributed by atoms with van der Waals surface area (Å²) >= 11 is 12.7. The highest BCUT2D eigenvalue weighted by atomic mass is 35.5. The molecule has 0 N–H and O–H groups in total. The Hall–Kier alpha value is -3.05. The first-order valence-electron chi connectivity index (χ1n) is 14.7. The molecular weight excluding hydrogens is 653 g/mol. The van der Waals surface area contributed by atoms with E-state index in [-0.39, 0.29) is 45.9 Å². The third kappa shape index (κ3) is 10.2. The average molecular weight is 688 g/mol. The van der Waals surface area contributed by atoms with Crippen LogP contribution in [0.25, 0.3) is 0 Å². The van der Waals surface area contributed by atoms with Crippen LogP contribution in [0.5, 0.6) is 17.2 Å². The molecule has 13 heteroatoms. The molecule has 0 amide bonds. The van der Waals surface area contributed by atoms with Crippen molar-refractivity contribution >= 4 is 41.6 Å². The number of carbonyl (C=O) groups is 1. The van der Waals surface area contributed by atoms with Crippen LogP contribution in [0, 0.1) is 11.1 Å². The summed E-state index contributed by atoms with van der Waals surface area (Å²) in [6.45, 7) is 0.860. The van der Waals surface area contributed by atoms with E-state index in [1.54, 1.807) is 24.3 Å². The fourth-order valence-corrected chi connectivity index (χ4v) is 5.62. The van der Waals surface area contributed by atoms with Gasteiger partial charge in [-0.25, -0.2) is 4.79 Å². The zero-order valence-corrected chi connectivity index (χ0v) is 26.8. The average Bonchev–Trinajstić information content (AvgIpc) is 3.83. The van der Waals surface area contributed by atoms with Crippen molar-refractivity contribution in [2.45, 2.75) is 51.2 Å². The molecule has 0 bridgehead atoms. The molecule has 2 heterocycles. The lowest BCUT2D eigenvalue weighted by Gasteiger charge is -2.26. The van der Waals surface area contributed by atoms with E-state index in [4.69, 9.17) is 37.4 Å². The van der Waals surface area contributed by atoms with Crippen LogP contribution in [0.2, 0.25) is 10.0 Å². The molecule has 1 saturated carbocycles. The van der Waals surface area contributed by atoms with E-state index in [2.05, 4.69) is 9.64 Å². The number of aromatic nitrogens is 1. The maximum atomic E-state index is 13.4. The predicted molar refractivity (Wildman–Crippen MR) is 168 cm³/mol. The fourth-order valence-electron chi connectivity index (χ4n) is 5.02. The first-order chi connectivity index (χ1) is 21.2. The van der Waals surface area contributed by atoms with Crippen molar-refractivity contribution in [1.82, 2.24) is 4.90 Å². The third-order valence-corrected chi connectivity index (χ3v) is 8.29. The standard InChI is InChI=1S/C32H34Cl2F2N2O6.ClH/c33-26-18-38(40)19-27(34)25(26)17-29(23-8-11-28(44-32(35)36)30(16-23)42-20-21-4-5-21)43-31(39)22-6-9-24(10-7-22)41-15-14-37-12-2-1-3-13-37;/h6-11,16,18-19,21,29,32H,1-5,12-15,17,20H2;1H. The van der Waals surface area contributed by atoms with Crippen molar-refractivity contribution in [3.63, 3.8) is 0 Å². The lowest BCUT2D eigenvalue weighted by atomic mass is 10.0. The van der Waals surface area contributed by atoms with E-state index in [0.717, 1.165) is 44.9 Å². The van der Waals surface area contributed by atoms with Gasteiger partial charge >= 0.3 is 12.6 Å². The molecule has 45 heavy (non-hydrogen) atoms. The highest BCUT2D eigenvalue weighted by molar-refractivity contribution is 6.35. The summed E-state index contributed by atoms with van der Waals surface area (Å²) in [6, 6.07) is 11.0. The Kier molecular flexibility index (Phi) is 12.8. The number of ether oxygens (including phenoxy) is 4. The van der Waals surface area contributed by atoms with Crippen LogP contribution in [0.1, 0.15) is 59.7 Å². The number of esters is 1. The number of alkyl halides is 2. The number of benzene rings is 2. The molecule has 1 atom stereocenters. The summed E-state index contributed by atoms with van der Waals surface area (Å²) in [5.74, 6) is 0.323. The van der Waals surface area contributed by atoms with Gasteiger partial charge in [-0.05, 0) is 86.7 Å². The Bertz CT molecular complexity index is 1400. The topological polar surface area (TPSA) is 84.2 Å². The molecule has 1 aliphatic carbocycles. The monoisotopic (exact) mass is 686 g/mol. The lowest BCUT2D eigenvalue weighted by molar-refractivity contribution is -0.605. The molecule has 1 aromatic heterocycles. The molecule has 5 rings (SSSR count). The van der Waals surface area contributed by atoms with Gasteiger partial charge in [0.1, 0.15) is 28.5 Å². The number of carbonyl (C=O) groups excluding carboxylic acids is 1. The Balaban J connectivity index is 0.00000461. The van der Waals surface area contributed by atoms with Crippen LogP contribution in [0.4, 0.5) is 8.78 Å².